The normalized spacial score (nSPS) is 11.2. The smallest absolute Gasteiger partial charge is 0.281 e. The Balaban J connectivity index is 1.78. The largest absolute Gasteiger partial charge is 0.497 e. The van der Waals surface area contributed by atoms with Crippen molar-refractivity contribution in [3.63, 3.8) is 0 Å². The minimum absolute atomic E-state index is 0.217. The number of nitrogens with zero attached hydrogens (tertiary/aromatic N) is 3. The van der Waals surface area contributed by atoms with Crippen LogP contribution in [0.15, 0.2) is 71.8 Å². The monoisotopic (exact) mass is 415 g/mol. The number of hydrazone groups is 1. The third kappa shape index (κ3) is 4.09. The number of thiazole rings is 1. The van der Waals surface area contributed by atoms with E-state index in [1.165, 1.54) is 16.3 Å². The Morgan fingerprint density at radius 3 is 2.60 bits per heavy atom. The number of methoxy groups -OCH3 is 1. The van der Waals surface area contributed by atoms with Crippen molar-refractivity contribution in [3.05, 3.63) is 89.0 Å². The minimum atomic E-state index is -0.217. The maximum absolute atomic E-state index is 13.5. The van der Waals surface area contributed by atoms with Crippen LogP contribution in [-0.2, 0) is 0 Å². The first kappa shape index (κ1) is 19.8. The number of carbonyl (C=O) groups is 1. The summed E-state index contributed by atoms with van der Waals surface area (Å²) in [5.41, 5.74) is 4.31. The lowest BCUT2D eigenvalue weighted by molar-refractivity contribution is 0.0987. The van der Waals surface area contributed by atoms with Gasteiger partial charge in [0.1, 0.15) is 5.75 Å². The van der Waals surface area contributed by atoms with Crippen LogP contribution in [0.25, 0.3) is 10.2 Å². The van der Waals surface area contributed by atoms with Crippen molar-refractivity contribution in [1.29, 1.82) is 0 Å². The van der Waals surface area contributed by atoms with Crippen molar-refractivity contribution in [2.75, 3.05) is 12.1 Å². The summed E-state index contributed by atoms with van der Waals surface area (Å²) < 4.78 is 6.24. The number of rotatable bonds is 5. The Morgan fingerprint density at radius 2 is 1.87 bits per heavy atom. The average Bonchev–Trinajstić information content (AvgIpc) is 3.17. The summed E-state index contributed by atoms with van der Waals surface area (Å²) in [6, 6.07) is 21.1. The van der Waals surface area contributed by atoms with Crippen molar-refractivity contribution in [2.24, 2.45) is 5.10 Å². The van der Waals surface area contributed by atoms with Gasteiger partial charge in [-0.25, -0.2) is 4.98 Å². The topological polar surface area (TPSA) is 54.8 Å². The molecule has 5 nitrogen and oxygen atoms in total. The molecule has 0 fully saturated rings. The van der Waals surface area contributed by atoms with Gasteiger partial charge in [-0.2, -0.15) is 10.1 Å². The summed E-state index contributed by atoms with van der Waals surface area (Å²) in [4.78, 5) is 18.1. The number of aryl methyl sites for hydroxylation is 2. The summed E-state index contributed by atoms with van der Waals surface area (Å²) in [6.07, 6.45) is 1.67. The average molecular weight is 416 g/mol. The van der Waals surface area contributed by atoms with E-state index in [9.17, 15) is 4.79 Å². The molecule has 0 radical (unpaired) electrons. The Bertz CT molecular complexity index is 1230. The van der Waals surface area contributed by atoms with Crippen LogP contribution in [0, 0.1) is 13.8 Å². The number of amides is 1. The van der Waals surface area contributed by atoms with Gasteiger partial charge in [-0.1, -0.05) is 59.4 Å². The zero-order valence-electron chi connectivity index (χ0n) is 17.0. The van der Waals surface area contributed by atoms with Crippen molar-refractivity contribution in [1.82, 2.24) is 4.98 Å². The molecular weight excluding hydrogens is 394 g/mol. The lowest BCUT2D eigenvalue weighted by atomic mass is 10.1. The van der Waals surface area contributed by atoms with Gasteiger partial charge in [0.05, 0.1) is 23.5 Å². The maximum Gasteiger partial charge on any atom is 0.281 e. The molecule has 0 N–H and O–H groups in total. The van der Waals surface area contributed by atoms with Gasteiger partial charge >= 0.3 is 0 Å². The van der Waals surface area contributed by atoms with Crippen LogP contribution >= 0.6 is 11.3 Å². The summed E-state index contributed by atoms with van der Waals surface area (Å²) in [5, 5.41) is 6.40. The molecule has 150 valence electrons. The van der Waals surface area contributed by atoms with Crippen molar-refractivity contribution >= 4 is 38.8 Å². The van der Waals surface area contributed by atoms with Crippen molar-refractivity contribution in [2.45, 2.75) is 13.8 Å². The molecule has 30 heavy (non-hydrogen) atoms. The molecule has 0 aliphatic heterocycles. The minimum Gasteiger partial charge on any atom is -0.497 e. The van der Waals surface area contributed by atoms with Gasteiger partial charge in [-0.15, -0.1) is 0 Å². The SMILES string of the molecule is COc1ccc2nc(N(/N=C/c3ccccc3)C(=O)c3ccc(C)cc3C)sc2c1. The van der Waals surface area contributed by atoms with Crippen molar-refractivity contribution in [3.8, 4) is 5.75 Å². The Kier molecular flexibility index (Phi) is 5.59. The number of hydrogen-bond donors (Lipinski definition) is 0. The quantitative estimate of drug-likeness (QED) is 0.315. The Labute approximate surface area is 179 Å². The lowest BCUT2D eigenvalue weighted by Gasteiger charge is -2.15. The van der Waals surface area contributed by atoms with Crippen LogP contribution in [-0.4, -0.2) is 24.2 Å². The van der Waals surface area contributed by atoms with Crippen LogP contribution < -0.4 is 9.75 Å². The van der Waals surface area contributed by atoms with E-state index >= 15 is 0 Å². The number of fused-ring (bicyclic) bond motifs is 1. The number of aromatic nitrogens is 1. The summed E-state index contributed by atoms with van der Waals surface area (Å²) in [7, 11) is 1.63. The molecule has 0 atom stereocenters. The van der Waals surface area contributed by atoms with E-state index in [2.05, 4.69) is 10.1 Å². The molecule has 4 aromatic rings. The fourth-order valence-corrected chi connectivity index (χ4v) is 4.08. The van der Waals surface area contributed by atoms with E-state index in [0.29, 0.717) is 10.7 Å². The first-order valence-electron chi connectivity index (χ1n) is 9.50. The molecule has 0 spiro atoms. The second-order valence-electron chi connectivity index (χ2n) is 6.92. The van der Waals surface area contributed by atoms with Gasteiger partial charge in [0.15, 0.2) is 0 Å². The fraction of sp³-hybridized carbons (Fsp3) is 0.125. The highest BCUT2D eigenvalue weighted by Crippen LogP contribution is 2.32. The van der Waals surface area contributed by atoms with Crippen molar-refractivity contribution < 1.29 is 9.53 Å². The summed E-state index contributed by atoms with van der Waals surface area (Å²) in [6.45, 7) is 3.94. The molecule has 0 aliphatic rings. The van der Waals surface area contributed by atoms with Gasteiger partial charge in [0, 0.05) is 5.56 Å². The first-order valence-corrected chi connectivity index (χ1v) is 10.3. The van der Waals surface area contributed by atoms with Gasteiger partial charge in [-0.3, -0.25) is 4.79 Å². The first-order chi connectivity index (χ1) is 14.5. The fourth-order valence-electron chi connectivity index (χ4n) is 3.13. The molecule has 0 bridgehead atoms. The molecule has 0 saturated carbocycles. The molecule has 4 rings (SSSR count). The molecule has 1 aromatic heterocycles. The maximum atomic E-state index is 13.5. The summed E-state index contributed by atoms with van der Waals surface area (Å²) >= 11 is 1.40. The lowest BCUT2D eigenvalue weighted by Crippen LogP contribution is -2.26. The van der Waals surface area contributed by atoms with Crippen LogP contribution in [0.5, 0.6) is 5.75 Å². The summed E-state index contributed by atoms with van der Waals surface area (Å²) in [5.74, 6) is 0.531. The number of hydrogen-bond acceptors (Lipinski definition) is 5. The molecule has 6 heteroatoms. The molecule has 0 saturated heterocycles. The van der Waals surface area contributed by atoms with E-state index in [1.807, 2.05) is 80.6 Å². The predicted octanol–water partition coefficient (Wildman–Crippen LogP) is 5.60. The van der Waals surface area contributed by atoms with Gasteiger partial charge in [-0.05, 0) is 49.2 Å². The highest BCUT2D eigenvalue weighted by molar-refractivity contribution is 7.22. The van der Waals surface area contributed by atoms with Gasteiger partial charge in [0.2, 0.25) is 5.13 Å². The Hall–Kier alpha value is -3.51. The second kappa shape index (κ2) is 8.47. The zero-order valence-corrected chi connectivity index (χ0v) is 17.8. The molecule has 3 aromatic carbocycles. The van der Waals surface area contributed by atoms with Crippen LogP contribution in [0.4, 0.5) is 5.13 Å². The molecular formula is C24H21N3O2S. The number of benzene rings is 3. The van der Waals surface area contributed by atoms with E-state index in [0.717, 1.165) is 32.7 Å². The van der Waals surface area contributed by atoms with E-state index in [-0.39, 0.29) is 5.91 Å². The molecule has 1 amide bonds. The van der Waals surface area contributed by atoms with Crippen LogP contribution in [0.3, 0.4) is 0 Å². The van der Waals surface area contributed by atoms with E-state index in [1.54, 1.807) is 13.3 Å². The van der Waals surface area contributed by atoms with Crippen LogP contribution in [0.1, 0.15) is 27.0 Å². The van der Waals surface area contributed by atoms with Gasteiger partial charge in [0.25, 0.3) is 5.91 Å². The predicted molar refractivity (Wildman–Crippen MR) is 123 cm³/mol. The number of anilines is 1. The third-order valence-electron chi connectivity index (χ3n) is 4.69. The molecule has 0 aliphatic carbocycles. The standard InChI is InChI=1S/C24H21N3O2S/c1-16-9-11-20(17(2)13-16)23(28)27(25-15-18-7-5-4-6-8-18)24-26-21-12-10-19(29-3)14-22(21)30-24/h4-15H,1-3H3/b25-15+. The highest BCUT2D eigenvalue weighted by Gasteiger charge is 2.22. The second-order valence-corrected chi connectivity index (χ2v) is 7.93. The third-order valence-corrected chi connectivity index (χ3v) is 5.69. The number of carbonyl (C=O) groups excluding carboxylic acids is 1. The van der Waals surface area contributed by atoms with E-state index < -0.39 is 0 Å². The molecule has 0 unspecified atom stereocenters. The zero-order chi connectivity index (χ0) is 21.1. The number of ether oxygens (including phenoxy) is 1. The Morgan fingerprint density at radius 1 is 1.07 bits per heavy atom. The van der Waals surface area contributed by atoms with Crippen LogP contribution in [0.2, 0.25) is 0 Å². The van der Waals surface area contributed by atoms with Gasteiger partial charge < -0.3 is 4.74 Å². The highest BCUT2D eigenvalue weighted by atomic mass is 32.1. The molecule has 1 heterocycles. The van der Waals surface area contributed by atoms with E-state index in [4.69, 9.17) is 4.74 Å².